The Morgan fingerprint density at radius 1 is 1.38 bits per heavy atom. The Morgan fingerprint density at radius 2 is 2.25 bits per heavy atom. The first kappa shape index (κ1) is 14.3. The number of rotatable bonds is 2. The zero-order chi connectivity index (χ0) is 16.4. The van der Waals surface area contributed by atoms with Gasteiger partial charge in [-0.1, -0.05) is 23.8 Å². The number of nitrogens with zero attached hydrogens (tertiary/aromatic N) is 1. The average molecular weight is 322 g/mol. The molecular weight excluding hydrogens is 300 g/mol. The fraction of sp³-hybridized carbons (Fsp3) is 0.450. The van der Waals surface area contributed by atoms with E-state index in [4.69, 9.17) is 4.74 Å². The van der Waals surface area contributed by atoms with Gasteiger partial charge in [0.2, 0.25) is 0 Å². The number of carbonyl (C=O) groups excluding carboxylic acids is 1. The smallest absolute Gasteiger partial charge is 0.142 e. The fourth-order valence-corrected chi connectivity index (χ4v) is 5.39. The molecule has 1 aromatic heterocycles. The Kier molecular flexibility index (Phi) is 2.95. The molecule has 5 unspecified atom stereocenters. The highest BCUT2D eigenvalue weighted by Gasteiger charge is 2.52. The van der Waals surface area contributed by atoms with Crippen LogP contribution in [0.2, 0.25) is 0 Å². The molecule has 0 saturated carbocycles. The average Bonchev–Trinajstić information content (AvgIpc) is 3.00. The summed E-state index contributed by atoms with van der Waals surface area (Å²) >= 11 is 0. The van der Waals surface area contributed by atoms with Crippen LogP contribution in [-0.4, -0.2) is 35.9 Å². The number of hydrogen-bond acceptors (Lipinski definition) is 3. The van der Waals surface area contributed by atoms with Gasteiger partial charge in [-0.25, -0.2) is 0 Å². The number of para-hydroxylation sites is 1. The van der Waals surface area contributed by atoms with Crippen molar-refractivity contribution in [1.82, 2.24) is 9.88 Å². The van der Waals surface area contributed by atoms with Crippen LogP contribution >= 0.6 is 0 Å². The molecule has 2 aromatic rings. The minimum absolute atomic E-state index is 0.130. The summed E-state index contributed by atoms with van der Waals surface area (Å²) in [5, 5.41) is 1.26. The molecule has 124 valence electrons. The lowest BCUT2D eigenvalue weighted by Crippen LogP contribution is -2.60. The van der Waals surface area contributed by atoms with Crippen molar-refractivity contribution in [2.24, 2.45) is 11.8 Å². The molecule has 1 aromatic carbocycles. The van der Waals surface area contributed by atoms with E-state index in [9.17, 15) is 4.79 Å². The van der Waals surface area contributed by atoms with Crippen LogP contribution in [0.5, 0.6) is 5.75 Å². The molecule has 24 heavy (non-hydrogen) atoms. The fourth-order valence-electron chi connectivity index (χ4n) is 5.39. The third-order valence-electron chi connectivity index (χ3n) is 6.48. The molecule has 0 amide bonds. The molecule has 0 radical (unpaired) electrons. The third kappa shape index (κ3) is 1.64. The van der Waals surface area contributed by atoms with Crippen LogP contribution in [0.4, 0.5) is 0 Å². The van der Waals surface area contributed by atoms with Crippen molar-refractivity contribution in [3.63, 3.8) is 0 Å². The topological polar surface area (TPSA) is 45.3 Å². The van der Waals surface area contributed by atoms with Gasteiger partial charge in [-0.2, -0.15) is 0 Å². The van der Waals surface area contributed by atoms with Crippen LogP contribution in [0.15, 0.2) is 29.8 Å². The summed E-state index contributed by atoms with van der Waals surface area (Å²) in [5.74, 6) is 1.44. The highest BCUT2D eigenvalue weighted by Crippen LogP contribution is 2.53. The van der Waals surface area contributed by atoms with Gasteiger partial charge in [0, 0.05) is 29.6 Å². The van der Waals surface area contributed by atoms with E-state index in [0.717, 1.165) is 30.7 Å². The van der Waals surface area contributed by atoms with Gasteiger partial charge in [-0.15, -0.1) is 0 Å². The molecule has 0 spiro atoms. The van der Waals surface area contributed by atoms with Crippen LogP contribution in [-0.2, 0) is 11.2 Å². The molecule has 3 saturated heterocycles. The largest absolute Gasteiger partial charge is 0.495 e. The Morgan fingerprint density at radius 3 is 3.00 bits per heavy atom. The van der Waals surface area contributed by atoms with Crippen molar-refractivity contribution < 1.29 is 9.53 Å². The Balaban J connectivity index is 1.70. The Bertz CT molecular complexity index is 866. The number of fused-ring (bicyclic) bond motifs is 4. The number of aromatic amines is 1. The normalized spacial score (nSPS) is 35.2. The second kappa shape index (κ2) is 4.96. The second-order valence-corrected chi connectivity index (χ2v) is 7.28. The van der Waals surface area contributed by atoms with E-state index in [-0.39, 0.29) is 5.92 Å². The first-order valence-electron chi connectivity index (χ1n) is 8.80. The maximum atomic E-state index is 11.8. The number of piperidine rings is 3. The van der Waals surface area contributed by atoms with E-state index < -0.39 is 0 Å². The molecule has 4 aliphatic heterocycles. The predicted molar refractivity (Wildman–Crippen MR) is 93.2 cm³/mol. The highest BCUT2D eigenvalue weighted by atomic mass is 16.5. The lowest BCUT2D eigenvalue weighted by Gasteiger charge is -2.57. The third-order valence-corrected chi connectivity index (χ3v) is 6.48. The van der Waals surface area contributed by atoms with Crippen molar-refractivity contribution in [3.8, 4) is 5.75 Å². The maximum Gasteiger partial charge on any atom is 0.142 e. The van der Waals surface area contributed by atoms with Crippen molar-refractivity contribution in [2.75, 3.05) is 13.7 Å². The first-order valence-corrected chi connectivity index (χ1v) is 8.80. The van der Waals surface area contributed by atoms with E-state index in [2.05, 4.69) is 35.0 Å². The Hall–Kier alpha value is -2.07. The summed E-state index contributed by atoms with van der Waals surface area (Å²) in [4.78, 5) is 18.1. The summed E-state index contributed by atoms with van der Waals surface area (Å²) in [6, 6.07) is 6.99. The quantitative estimate of drug-likeness (QED) is 0.682. The van der Waals surface area contributed by atoms with E-state index in [0.29, 0.717) is 18.0 Å². The molecule has 3 fully saturated rings. The molecule has 4 aliphatic rings. The van der Waals surface area contributed by atoms with Gasteiger partial charge in [-0.05, 0) is 37.3 Å². The minimum atomic E-state index is 0.130. The van der Waals surface area contributed by atoms with Crippen LogP contribution in [0.25, 0.3) is 10.9 Å². The van der Waals surface area contributed by atoms with Crippen molar-refractivity contribution >= 4 is 17.2 Å². The number of aromatic nitrogens is 1. The summed E-state index contributed by atoms with van der Waals surface area (Å²) in [5.41, 5.74) is 5.28. The molecule has 0 aliphatic carbocycles. The summed E-state index contributed by atoms with van der Waals surface area (Å²) < 4.78 is 5.55. The number of benzene rings is 1. The minimum Gasteiger partial charge on any atom is -0.495 e. The van der Waals surface area contributed by atoms with Crippen LogP contribution in [0.3, 0.4) is 0 Å². The predicted octanol–water partition coefficient (Wildman–Crippen LogP) is 3.24. The molecule has 5 heterocycles. The number of carbonyl (C=O) groups is 1. The van der Waals surface area contributed by atoms with Gasteiger partial charge < -0.3 is 14.5 Å². The number of allylic oxidation sites excluding steroid dienone is 1. The number of H-pyrrole nitrogens is 1. The standard InChI is InChI=1S/C20H22N2O2/c1-3-11-9-22-16-8-14-12-5-4-6-18(24-2)20(12)21-19(14)17(22)7-13(11)15(16)10-23/h3-6,10,13,15-17,21H,7-9H2,1-2H3/b11-3+. The summed E-state index contributed by atoms with van der Waals surface area (Å²) in [6.07, 6.45) is 5.43. The van der Waals surface area contributed by atoms with E-state index in [1.54, 1.807) is 7.11 Å². The zero-order valence-corrected chi connectivity index (χ0v) is 14.1. The van der Waals surface area contributed by atoms with E-state index in [1.165, 1.54) is 28.5 Å². The number of methoxy groups -OCH3 is 1. The zero-order valence-electron chi connectivity index (χ0n) is 14.1. The van der Waals surface area contributed by atoms with Gasteiger partial charge in [0.1, 0.15) is 12.0 Å². The van der Waals surface area contributed by atoms with Gasteiger partial charge in [-0.3, -0.25) is 4.90 Å². The lowest BCUT2D eigenvalue weighted by molar-refractivity contribution is -0.121. The summed E-state index contributed by atoms with van der Waals surface area (Å²) in [6.45, 7) is 3.11. The Labute approximate surface area is 141 Å². The molecule has 5 atom stereocenters. The second-order valence-electron chi connectivity index (χ2n) is 7.28. The van der Waals surface area contributed by atoms with Crippen molar-refractivity contribution in [1.29, 1.82) is 0 Å². The van der Waals surface area contributed by atoms with Crippen molar-refractivity contribution in [3.05, 3.63) is 41.1 Å². The van der Waals surface area contributed by atoms with Gasteiger partial charge in [0.05, 0.1) is 18.7 Å². The SMILES string of the molecule is C/C=C1\CN2C3CC1C(C=O)C2Cc1c3[nH]c2c(OC)cccc12. The molecular formula is C20H22N2O2. The monoisotopic (exact) mass is 322 g/mol. The van der Waals surface area contributed by atoms with E-state index >= 15 is 0 Å². The molecule has 4 bridgehead atoms. The number of hydrogen-bond donors (Lipinski definition) is 1. The van der Waals surface area contributed by atoms with Gasteiger partial charge in [0.15, 0.2) is 0 Å². The van der Waals surface area contributed by atoms with Crippen molar-refractivity contribution in [2.45, 2.75) is 31.8 Å². The molecule has 4 heteroatoms. The van der Waals surface area contributed by atoms with Crippen LogP contribution in [0.1, 0.15) is 30.6 Å². The van der Waals surface area contributed by atoms with Crippen LogP contribution < -0.4 is 4.74 Å². The number of aldehydes is 1. The number of ether oxygens (including phenoxy) is 1. The molecule has 1 N–H and O–H groups in total. The highest BCUT2D eigenvalue weighted by molar-refractivity contribution is 5.90. The van der Waals surface area contributed by atoms with Gasteiger partial charge >= 0.3 is 0 Å². The first-order chi connectivity index (χ1) is 11.8. The summed E-state index contributed by atoms with van der Waals surface area (Å²) in [7, 11) is 1.72. The molecule has 6 rings (SSSR count). The van der Waals surface area contributed by atoms with E-state index in [1.807, 2.05) is 6.07 Å². The lowest BCUT2D eigenvalue weighted by atomic mass is 9.64. The molecule has 4 nitrogen and oxygen atoms in total. The maximum absolute atomic E-state index is 11.8. The van der Waals surface area contributed by atoms with Gasteiger partial charge in [0.25, 0.3) is 0 Å². The number of nitrogens with one attached hydrogen (secondary N) is 1. The van der Waals surface area contributed by atoms with Crippen LogP contribution in [0, 0.1) is 11.8 Å².